The summed E-state index contributed by atoms with van der Waals surface area (Å²) in [5, 5.41) is 8.80. The molecule has 0 saturated heterocycles. The van der Waals surface area contributed by atoms with Gasteiger partial charge in [-0.2, -0.15) is 8.42 Å². The molecule has 1 aromatic carbocycles. The van der Waals surface area contributed by atoms with Crippen LogP contribution in [0, 0.1) is 13.8 Å². The Morgan fingerprint density at radius 1 is 1.27 bits per heavy atom. The molecule has 5 nitrogen and oxygen atoms in total. The minimum atomic E-state index is -4.51. The molecule has 15 heavy (non-hydrogen) atoms. The standard InChI is InChI=1S/C9H10O5S/c1-5-3-6(2)8(15(12,13)14)7(4-5)9(10)11/h3-4H,1-2H3,(H,10,11)(H,12,13,14). The Morgan fingerprint density at radius 3 is 2.20 bits per heavy atom. The lowest BCUT2D eigenvalue weighted by Crippen LogP contribution is -2.10. The molecule has 0 amide bonds. The van der Waals surface area contributed by atoms with Crippen molar-refractivity contribution in [2.45, 2.75) is 18.7 Å². The van der Waals surface area contributed by atoms with Gasteiger partial charge in [0.2, 0.25) is 0 Å². The van der Waals surface area contributed by atoms with E-state index in [9.17, 15) is 13.2 Å². The van der Waals surface area contributed by atoms with E-state index in [1.54, 1.807) is 6.92 Å². The summed E-state index contributed by atoms with van der Waals surface area (Å²) in [5.74, 6) is -1.38. The average molecular weight is 230 g/mol. The summed E-state index contributed by atoms with van der Waals surface area (Å²) in [4.78, 5) is 10.3. The predicted molar refractivity (Wildman–Crippen MR) is 52.7 cm³/mol. The summed E-state index contributed by atoms with van der Waals surface area (Å²) in [7, 11) is -4.51. The van der Waals surface area contributed by atoms with Crippen LogP contribution in [-0.4, -0.2) is 24.0 Å². The SMILES string of the molecule is Cc1cc(C)c(S(=O)(=O)O)c(C(=O)O)c1. The molecule has 0 aliphatic heterocycles. The van der Waals surface area contributed by atoms with Crippen LogP contribution in [0.4, 0.5) is 0 Å². The summed E-state index contributed by atoms with van der Waals surface area (Å²) >= 11 is 0. The van der Waals surface area contributed by atoms with Gasteiger partial charge in [0.1, 0.15) is 4.90 Å². The van der Waals surface area contributed by atoms with E-state index < -0.39 is 26.5 Å². The zero-order valence-electron chi connectivity index (χ0n) is 8.18. The first-order valence-corrected chi connectivity index (χ1v) is 5.49. The lowest BCUT2D eigenvalue weighted by molar-refractivity contribution is 0.0692. The van der Waals surface area contributed by atoms with Gasteiger partial charge in [-0.1, -0.05) is 6.07 Å². The van der Waals surface area contributed by atoms with Gasteiger partial charge in [-0.25, -0.2) is 4.79 Å². The fourth-order valence-electron chi connectivity index (χ4n) is 1.46. The Balaban J connectivity index is 3.70. The first kappa shape index (κ1) is 11.7. The smallest absolute Gasteiger partial charge is 0.337 e. The highest BCUT2D eigenvalue weighted by atomic mass is 32.2. The zero-order chi connectivity index (χ0) is 11.8. The van der Waals surface area contributed by atoms with Crippen LogP contribution >= 0.6 is 0 Å². The van der Waals surface area contributed by atoms with Crippen molar-refractivity contribution in [2.75, 3.05) is 0 Å². The van der Waals surface area contributed by atoms with Gasteiger partial charge < -0.3 is 5.11 Å². The average Bonchev–Trinajstić information content (AvgIpc) is 1.99. The number of carbonyl (C=O) groups is 1. The minimum Gasteiger partial charge on any atom is -0.478 e. The van der Waals surface area contributed by atoms with Crippen LogP contribution in [-0.2, 0) is 10.1 Å². The number of benzene rings is 1. The lowest BCUT2D eigenvalue weighted by Gasteiger charge is -2.07. The second-order valence-corrected chi connectivity index (χ2v) is 4.60. The third-order valence-corrected chi connectivity index (χ3v) is 2.97. The maximum absolute atomic E-state index is 11.0. The van der Waals surface area contributed by atoms with Gasteiger partial charge in [-0.15, -0.1) is 0 Å². The normalized spacial score (nSPS) is 11.4. The second kappa shape index (κ2) is 3.63. The molecule has 0 fully saturated rings. The minimum absolute atomic E-state index is 0.218. The van der Waals surface area contributed by atoms with E-state index in [-0.39, 0.29) is 5.56 Å². The summed E-state index contributed by atoms with van der Waals surface area (Å²) in [5.41, 5.74) is 0.433. The summed E-state index contributed by atoms with van der Waals surface area (Å²) in [6, 6.07) is 2.70. The van der Waals surface area contributed by atoms with Gasteiger partial charge in [0.05, 0.1) is 5.56 Å². The Kier molecular flexibility index (Phi) is 2.83. The van der Waals surface area contributed by atoms with E-state index in [1.165, 1.54) is 19.1 Å². The number of carboxylic acid groups (broad SMARTS) is 1. The van der Waals surface area contributed by atoms with Gasteiger partial charge in [-0.3, -0.25) is 4.55 Å². The van der Waals surface area contributed by atoms with Crippen LogP contribution in [0.15, 0.2) is 17.0 Å². The number of hydrogen-bond acceptors (Lipinski definition) is 3. The van der Waals surface area contributed by atoms with Crippen molar-refractivity contribution in [3.63, 3.8) is 0 Å². The molecule has 82 valence electrons. The van der Waals surface area contributed by atoms with Crippen molar-refractivity contribution >= 4 is 16.1 Å². The van der Waals surface area contributed by atoms with Gasteiger partial charge in [0, 0.05) is 0 Å². The van der Waals surface area contributed by atoms with Crippen molar-refractivity contribution in [2.24, 2.45) is 0 Å². The van der Waals surface area contributed by atoms with Crippen LogP contribution in [0.2, 0.25) is 0 Å². The Hall–Kier alpha value is -1.40. The molecule has 0 spiro atoms. The highest BCUT2D eigenvalue weighted by molar-refractivity contribution is 7.86. The molecule has 1 aromatic rings. The predicted octanol–water partition coefficient (Wildman–Crippen LogP) is 1.25. The van der Waals surface area contributed by atoms with Crippen molar-refractivity contribution in [3.8, 4) is 0 Å². The number of hydrogen-bond donors (Lipinski definition) is 2. The molecular weight excluding hydrogens is 220 g/mol. The van der Waals surface area contributed by atoms with Crippen LogP contribution in [0.3, 0.4) is 0 Å². The Labute approximate surface area is 87.1 Å². The number of aromatic carboxylic acids is 1. The first-order valence-electron chi connectivity index (χ1n) is 4.05. The van der Waals surface area contributed by atoms with Crippen molar-refractivity contribution in [1.82, 2.24) is 0 Å². The van der Waals surface area contributed by atoms with Crippen LogP contribution < -0.4 is 0 Å². The van der Waals surface area contributed by atoms with E-state index >= 15 is 0 Å². The van der Waals surface area contributed by atoms with Crippen molar-refractivity contribution in [3.05, 3.63) is 28.8 Å². The Morgan fingerprint density at radius 2 is 1.80 bits per heavy atom. The molecule has 0 heterocycles. The quantitative estimate of drug-likeness (QED) is 0.746. The van der Waals surface area contributed by atoms with Gasteiger partial charge in [-0.05, 0) is 31.0 Å². The van der Waals surface area contributed by atoms with Crippen molar-refractivity contribution < 1.29 is 22.9 Å². The molecule has 0 aromatic heterocycles. The maximum Gasteiger partial charge on any atom is 0.337 e. The fraction of sp³-hybridized carbons (Fsp3) is 0.222. The fourth-order valence-corrected chi connectivity index (χ4v) is 2.35. The van der Waals surface area contributed by atoms with Gasteiger partial charge in [0.25, 0.3) is 10.1 Å². The molecule has 0 radical (unpaired) electrons. The highest BCUT2D eigenvalue weighted by Crippen LogP contribution is 2.22. The third-order valence-electron chi connectivity index (χ3n) is 1.91. The molecule has 0 bridgehead atoms. The van der Waals surface area contributed by atoms with E-state index in [4.69, 9.17) is 9.66 Å². The molecule has 0 saturated carbocycles. The molecule has 1 rings (SSSR count). The zero-order valence-corrected chi connectivity index (χ0v) is 9.00. The monoisotopic (exact) mass is 230 g/mol. The maximum atomic E-state index is 11.0. The topological polar surface area (TPSA) is 91.7 Å². The first-order chi connectivity index (χ1) is 6.73. The summed E-state index contributed by atoms with van der Waals surface area (Å²) in [6.07, 6.45) is 0. The molecule has 0 aliphatic carbocycles. The van der Waals surface area contributed by atoms with Crippen LogP contribution in [0.5, 0.6) is 0 Å². The molecule has 6 heteroatoms. The molecule has 0 unspecified atom stereocenters. The number of rotatable bonds is 2. The molecular formula is C9H10O5S. The number of aryl methyl sites for hydroxylation is 2. The van der Waals surface area contributed by atoms with E-state index in [2.05, 4.69) is 0 Å². The molecule has 0 aliphatic rings. The number of carboxylic acids is 1. The van der Waals surface area contributed by atoms with Crippen LogP contribution in [0.25, 0.3) is 0 Å². The third kappa shape index (κ3) is 2.34. The van der Waals surface area contributed by atoms with E-state index in [0.717, 1.165) is 0 Å². The van der Waals surface area contributed by atoms with E-state index in [0.29, 0.717) is 5.56 Å². The summed E-state index contributed by atoms with van der Waals surface area (Å²) in [6.45, 7) is 3.08. The van der Waals surface area contributed by atoms with E-state index in [1.807, 2.05) is 0 Å². The van der Waals surface area contributed by atoms with Crippen molar-refractivity contribution in [1.29, 1.82) is 0 Å². The largest absolute Gasteiger partial charge is 0.478 e. The molecule has 2 N–H and O–H groups in total. The van der Waals surface area contributed by atoms with Gasteiger partial charge in [0.15, 0.2) is 0 Å². The Bertz CT molecular complexity index is 516. The van der Waals surface area contributed by atoms with Gasteiger partial charge >= 0.3 is 5.97 Å². The second-order valence-electron chi connectivity index (χ2n) is 3.24. The lowest BCUT2D eigenvalue weighted by atomic mass is 10.1. The van der Waals surface area contributed by atoms with Crippen LogP contribution in [0.1, 0.15) is 21.5 Å². The highest BCUT2D eigenvalue weighted by Gasteiger charge is 2.22. The summed E-state index contributed by atoms with van der Waals surface area (Å²) < 4.78 is 30.9. The molecule has 0 atom stereocenters.